The lowest BCUT2D eigenvalue weighted by atomic mass is 10.0. The summed E-state index contributed by atoms with van der Waals surface area (Å²) in [5.74, 6) is -8.88. The lowest BCUT2D eigenvalue weighted by Gasteiger charge is -2.37. The van der Waals surface area contributed by atoms with Crippen LogP contribution in [0, 0.1) is 23.3 Å². The molecule has 5 nitrogen and oxygen atoms in total. The normalized spacial score (nSPS) is 14.4. The first-order chi connectivity index (χ1) is 17.8. The number of Topliss-reactive ketones (excluding diaryl/α,β-unsaturated/α-hetero) is 2. The zero-order valence-electron chi connectivity index (χ0n) is 18.4. The van der Waals surface area contributed by atoms with Gasteiger partial charge in [0.1, 0.15) is 5.69 Å². The van der Waals surface area contributed by atoms with Gasteiger partial charge in [-0.05, 0) is 48.0 Å². The van der Waals surface area contributed by atoms with Crippen LogP contribution < -0.4 is 14.4 Å². The van der Waals surface area contributed by atoms with E-state index in [4.69, 9.17) is 9.47 Å². The maximum atomic E-state index is 14.3. The minimum absolute atomic E-state index is 0.235. The van der Waals surface area contributed by atoms with E-state index in [-0.39, 0.29) is 5.56 Å². The van der Waals surface area contributed by atoms with Crippen LogP contribution in [0.15, 0.2) is 66.2 Å². The molecule has 0 aromatic heterocycles. The zero-order valence-corrected chi connectivity index (χ0v) is 18.4. The predicted octanol–water partition coefficient (Wildman–Crippen LogP) is 7.39. The summed E-state index contributed by atoms with van der Waals surface area (Å²) in [4.78, 5) is 27.6. The fourth-order valence-electron chi connectivity index (χ4n) is 4.85. The standard InChI is InChI=1S/C28H11F4NO4/c29-22-20-21(23(30)25(32)24(22)31)28(35)13(27(20)34)9-12-10-18-26-19(11-12)37-17-8-4-2-6-15(17)33(26)14-5-1-3-7-16(14)36-18/h1-11H. The van der Waals surface area contributed by atoms with Crippen LogP contribution in [-0.2, 0) is 0 Å². The molecule has 1 aliphatic carbocycles. The minimum atomic E-state index is -2.16. The van der Waals surface area contributed by atoms with Gasteiger partial charge in [-0.15, -0.1) is 0 Å². The Morgan fingerprint density at radius 1 is 0.622 bits per heavy atom. The number of benzene rings is 4. The van der Waals surface area contributed by atoms with Crippen LogP contribution in [-0.4, -0.2) is 11.6 Å². The quantitative estimate of drug-likeness (QED) is 0.0773. The van der Waals surface area contributed by atoms with Crippen molar-refractivity contribution >= 4 is 34.7 Å². The van der Waals surface area contributed by atoms with Crippen molar-refractivity contribution in [3.63, 3.8) is 0 Å². The highest BCUT2D eigenvalue weighted by Gasteiger charge is 2.42. The van der Waals surface area contributed by atoms with Crippen LogP contribution in [0.5, 0.6) is 23.0 Å². The SMILES string of the molecule is O=C1C(=Cc2cc3c4c(c2)Oc2ccccc2N4c2ccccc2O3)C(=O)c2c(F)c(F)c(F)c(F)c21. The average molecular weight is 501 g/mol. The number of nitrogens with zero attached hydrogens (tertiary/aromatic N) is 1. The Bertz CT molecular complexity index is 1660. The van der Waals surface area contributed by atoms with Gasteiger partial charge in [0.2, 0.25) is 11.6 Å². The van der Waals surface area contributed by atoms with E-state index in [9.17, 15) is 27.2 Å². The van der Waals surface area contributed by atoms with Crippen LogP contribution in [0.1, 0.15) is 26.3 Å². The third kappa shape index (κ3) is 2.79. The second-order valence-corrected chi connectivity index (χ2v) is 8.56. The average Bonchev–Trinajstić information content (AvgIpc) is 3.15. The molecule has 0 unspecified atom stereocenters. The maximum Gasteiger partial charge on any atom is 0.200 e. The number of halogens is 4. The van der Waals surface area contributed by atoms with Gasteiger partial charge in [0, 0.05) is 0 Å². The molecule has 0 spiro atoms. The number of carbonyl (C=O) groups is 2. The number of ether oxygens (including phenoxy) is 2. The second-order valence-electron chi connectivity index (χ2n) is 8.56. The monoisotopic (exact) mass is 501 g/mol. The Balaban J connectivity index is 1.41. The number of hydrogen-bond donors (Lipinski definition) is 0. The van der Waals surface area contributed by atoms with Crippen molar-refractivity contribution in [3.8, 4) is 23.0 Å². The van der Waals surface area contributed by atoms with Crippen molar-refractivity contribution in [3.05, 3.63) is 106 Å². The third-order valence-electron chi connectivity index (χ3n) is 6.46. The van der Waals surface area contributed by atoms with E-state index in [1.54, 1.807) is 24.3 Å². The first-order valence-electron chi connectivity index (χ1n) is 11.0. The molecule has 0 saturated carbocycles. The molecule has 0 amide bonds. The number of anilines is 3. The molecule has 9 heteroatoms. The summed E-state index contributed by atoms with van der Waals surface area (Å²) >= 11 is 0. The van der Waals surface area contributed by atoms with Gasteiger partial charge in [0.15, 0.2) is 46.3 Å². The predicted molar refractivity (Wildman–Crippen MR) is 124 cm³/mol. The Kier molecular flexibility index (Phi) is 4.21. The molecule has 3 aliphatic rings. The lowest BCUT2D eigenvalue weighted by molar-refractivity contribution is 0.0988. The van der Waals surface area contributed by atoms with Gasteiger partial charge in [-0.2, -0.15) is 0 Å². The number of fused-ring (bicyclic) bond motifs is 5. The fourth-order valence-corrected chi connectivity index (χ4v) is 4.85. The summed E-state index contributed by atoms with van der Waals surface area (Å²) in [5, 5.41) is 0. The highest BCUT2D eigenvalue weighted by atomic mass is 19.2. The van der Waals surface area contributed by atoms with Crippen molar-refractivity contribution in [1.82, 2.24) is 0 Å². The van der Waals surface area contributed by atoms with Gasteiger partial charge < -0.3 is 9.47 Å². The van der Waals surface area contributed by atoms with Gasteiger partial charge in [0.25, 0.3) is 0 Å². The number of hydrogen-bond acceptors (Lipinski definition) is 5. The summed E-state index contributed by atoms with van der Waals surface area (Å²) in [7, 11) is 0. The topological polar surface area (TPSA) is 55.8 Å². The second kappa shape index (κ2) is 7.30. The summed E-state index contributed by atoms with van der Waals surface area (Å²) in [6.07, 6.45) is 1.09. The summed E-state index contributed by atoms with van der Waals surface area (Å²) in [5.41, 5.74) is -0.558. The molecule has 4 aromatic rings. The lowest BCUT2D eigenvalue weighted by Crippen LogP contribution is -2.20. The molecule has 7 rings (SSSR count). The van der Waals surface area contributed by atoms with Crippen LogP contribution in [0.3, 0.4) is 0 Å². The number of carbonyl (C=O) groups excluding carboxylic acids is 2. The van der Waals surface area contributed by atoms with E-state index in [0.29, 0.717) is 28.7 Å². The Hall–Kier alpha value is -4.92. The van der Waals surface area contributed by atoms with Crippen molar-refractivity contribution < 1.29 is 36.6 Å². The van der Waals surface area contributed by atoms with E-state index in [1.807, 2.05) is 29.2 Å². The largest absolute Gasteiger partial charge is 0.453 e. The van der Waals surface area contributed by atoms with Crippen molar-refractivity contribution in [2.75, 3.05) is 4.90 Å². The molecule has 37 heavy (non-hydrogen) atoms. The summed E-state index contributed by atoms with van der Waals surface area (Å²) in [6.45, 7) is 0. The first-order valence-corrected chi connectivity index (χ1v) is 11.0. The van der Waals surface area contributed by atoms with Crippen molar-refractivity contribution in [2.24, 2.45) is 0 Å². The summed E-state index contributed by atoms with van der Waals surface area (Å²) < 4.78 is 68.4. The first kappa shape index (κ1) is 21.4. The number of allylic oxidation sites excluding steroid dienone is 1. The van der Waals surface area contributed by atoms with E-state index < -0.39 is 51.5 Å². The zero-order chi connectivity index (χ0) is 25.6. The fraction of sp³-hybridized carbons (Fsp3) is 0. The van der Waals surface area contributed by atoms with Crippen molar-refractivity contribution in [2.45, 2.75) is 0 Å². The molecular weight excluding hydrogens is 490 g/mol. The number of rotatable bonds is 1. The molecule has 180 valence electrons. The van der Waals surface area contributed by atoms with Gasteiger partial charge in [-0.1, -0.05) is 24.3 Å². The van der Waals surface area contributed by atoms with Crippen LogP contribution in [0.25, 0.3) is 6.08 Å². The van der Waals surface area contributed by atoms with E-state index in [1.165, 1.54) is 12.1 Å². The summed E-state index contributed by atoms with van der Waals surface area (Å²) in [6, 6.07) is 17.7. The molecule has 0 bridgehead atoms. The van der Waals surface area contributed by atoms with Gasteiger partial charge in [-0.3, -0.25) is 14.5 Å². The van der Waals surface area contributed by atoms with E-state index >= 15 is 0 Å². The molecule has 4 aromatic carbocycles. The molecule has 0 radical (unpaired) electrons. The Labute approximate surface area is 205 Å². The smallest absolute Gasteiger partial charge is 0.200 e. The molecule has 0 saturated heterocycles. The van der Waals surface area contributed by atoms with E-state index in [0.717, 1.165) is 17.5 Å². The molecule has 0 fully saturated rings. The minimum Gasteiger partial charge on any atom is -0.453 e. The Morgan fingerprint density at radius 3 is 1.57 bits per heavy atom. The molecule has 0 N–H and O–H groups in total. The Morgan fingerprint density at radius 2 is 1.08 bits per heavy atom. The highest BCUT2D eigenvalue weighted by Crippen LogP contribution is 2.59. The molecule has 2 heterocycles. The van der Waals surface area contributed by atoms with Crippen LogP contribution in [0.4, 0.5) is 34.6 Å². The molecule has 2 aliphatic heterocycles. The van der Waals surface area contributed by atoms with Gasteiger partial charge in [-0.25, -0.2) is 17.6 Å². The maximum absolute atomic E-state index is 14.3. The molecular formula is C28H11F4NO4. The highest BCUT2D eigenvalue weighted by molar-refractivity contribution is 6.41. The van der Waals surface area contributed by atoms with Crippen molar-refractivity contribution in [1.29, 1.82) is 0 Å². The third-order valence-corrected chi connectivity index (χ3v) is 6.46. The van der Waals surface area contributed by atoms with Gasteiger partial charge in [0.05, 0.1) is 28.1 Å². The molecule has 0 atom stereocenters. The van der Waals surface area contributed by atoms with Gasteiger partial charge >= 0.3 is 0 Å². The van der Waals surface area contributed by atoms with E-state index in [2.05, 4.69) is 0 Å². The van der Waals surface area contributed by atoms with Crippen LogP contribution in [0.2, 0.25) is 0 Å². The van der Waals surface area contributed by atoms with Crippen LogP contribution >= 0.6 is 0 Å². The number of ketones is 2. The number of para-hydroxylation sites is 4.